The summed E-state index contributed by atoms with van der Waals surface area (Å²) in [7, 11) is 1.65. The lowest BCUT2D eigenvalue weighted by Crippen LogP contribution is -2.40. The van der Waals surface area contributed by atoms with Gasteiger partial charge in [-0.15, -0.1) is 5.10 Å². The zero-order valence-electron chi connectivity index (χ0n) is 17.0. The van der Waals surface area contributed by atoms with E-state index in [0.29, 0.717) is 19.8 Å². The Hall–Kier alpha value is -2.58. The van der Waals surface area contributed by atoms with Gasteiger partial charge in [0.25, 0.3) is 0 Å². The standard InChI is InChI=1S/C23H26N4O3/c1-28-13-19-12-27(26-25-19)21-15-30-22-20(14-29-23(21)22)24-11-16-7-9-18(10-8-16)17-5-3-2-4-6-17/h2-10,12,20-24H,11,13-15H2,1H3/t20-,21+,22-,23+/m0/s1. The number of hydrogen-bond donors (Lipinski definition) is 1. The molecule has 2 aliphatic heterocycles. The van der Waals surface area contributed by atoms with E-state index >= 15 is 0 Å². The number of benzene rings is 2. The molecule has 156 valence electrons. The molecule has 2 fully saturated rings. The summed E-state index contributed by atoms with van der Waals surface area (Å²) < 4.78 is 19.1. The van der Waals surface area contributed by atoms with Crippen molar-refractivity contribution in [3.8, 4) is 11.1 Å². The van der Waals surface area contributed by atoms with Crippen molar-refractivity contribution < 1.29 is 14.2 Å². The third-order valence-corrected chi connectivity index (χ3v) is 5.85. The largest absolute Gasteiger partial charge is 0.378 e. The predicted octanol–water partition coefficient (Wildman–Crippen LogP) is 2.59. The third kappa shape index (κ3) is 3.89. The van der Waals surface area contributed by atoms with E-state index in [-0.39, 0.29) is 24.3 Å². The third-order valence-electron chi connectivity index (χ3n) is 5.85. The first-order valence-corrected chi connectivity index (χ1v) is 10.3. The summed E-state index contributed by atoms with van der Waals surface area (Å²) in [6.45, 7) is 2.44. The van der Waals surface area contributed by atoms with Crippen molar-refractivity contribution in [2.45, 2.75) is 37.4 Å². The SMILES string of the molecule is COCc1cn([C@@H]2CO[C@@H]3[C@@H]2OC[C@@H]3NCc2ccc(-c3ccccc3)cc2)nn1. The van der Waals surface area contributed by atoms with Gasteiger partial charge in [0.15, 0.2) is 0 Å². The molecule has 0 unspecified atom stereocenters. The van der Waals surface area contributed by atoms with Crippen LogP contribution in [0.15, 0.2) is 60.8 Å². The topological polar surface area (TPSA) is 70.4 Å². The molecule has 2 aromatic carbocycles. The molecule has 7 heteroatoms. The first kappa shape index (κ1) is 19.4. The van der Waals surface area contributed by atoms with Crippen molar-refractivity contribution in [3.05, 3.63) is 72.1 Å². The molecular formula is C23H26N4O3. The Kier molecular flexibility index (Phi) is 5.59. The lowest BCUT2D eigenvalue weighted by Gasteiger charge is -2.18. The predicted molar refractivity (Wildman–Crippen MR) is 112 cm³/mol. The van der Waals surface area contributed by atoms with Gasteiger partial charge in [-0.05, 0) is 16.7 Å². The van der Waals surface area contributed by atoms with E-state index in [9.17, 15) is 0 Å². The molecule has 0 spiro atoms. The maximum absolute atomic E-state index is 6.08. The average molecular weight is 406 g/mol. The summed E-state index contributed by atoms with van der Waals surface area (Å²) in [6.07, 6.45) is 1.92. The molecule has 5 rings (SSSR count). The minimum absolute atomic E-state index is 0.0138. The monoisotopic (exact) mass is 406 g/mol. The van der Waals surface area contributed by atoms with E-state index in [1.807, 2.05) is 16.9 Å². The zero-order valence-corrected chi connectivity index (χ0v) is 17.0. The van der Waals surface area contributed by atoms with Crippen LogP contribution in [0.3, 0.4) is 0 Å². The van der Waals surface area contributed by atoms with Crippen molar-refractivity contribution >= 4 is 0 Å². The highest BCUT2D eigenvalue weighted by Crippen LogP contribution is 2.34. The summed E-state index contributed by atoms with van der Waals surface area (Å²) in [6, 6.07) is 19.3. The fraction of sp³-hybridized carbons (Fsp3) is 0.391. The Balaban J connectivity index is 1.18. The van der Waals surface area contributed by atoms with Gasteiger partial charge in [0, 0.05) is 13.7 Å². The molecule has 0 radical (unpaired) electrons. The quantitative estimate of drug-likeness (QED) is 0.650. The Morgan fingerprint density at radius 1 is 1.00 bits per heavy atom. The first-order chi connectivity index (χ1) is 14.8. The van der Waals surface area contributed by atoms with Crippen LogP contribution in [0.1, 0.15) is 17.3 Å². The summed E-state index contributed by atoms with van der Waals surface area (Å²) in [5.74, 6) is 0. The molecular weight excluding hydrogens is 380 g/mol. The highest BCUT2D eigenvalue weighted by Gasteiger charge is 2.48. The lowest BCUT2D eigenvalue weighted by atomic mass is 10.0. The Morgan fingerprint density at radius 2 is 1.77 bits per heavy atom. The van der Waals surface area contributed by atoms with Gasteiger partial charge in [-0.25, -0.2) is 4.68 Å². The number of methoxy groups -OCH3 is 1. The van der Waals surface area contributed by atoms with Crippen LogP contribution < -0.4 is 5.32 Å². The van der Waals surface area contributed by atoms with E-state index in [2.05, 4.69) is 64.2 Å². The van der Waals surface area contributed by atoms with E-state index in [0.717, 1.165) is 12.2 Å². The second-order valence-corrected chi connectivity index (χ2v) is 7.84. The van der Waals surface area contributed by atoms with Crippen molar-refractivity contribution in [3.63, 3.8) is 0 Å². The Labute approximate surface area is 176 Å². The Morgan fingerprint density at radius 3 is 2.57 bits per heavy atom. The van der Waals surface area contributed by atoms with Crippen LogP contribution in [0.5, 0.6) is 0 Å². The van der Waals surface area contributed by atoms with Gasteiger partial charge < -0.3 is 19.5 Å². The number of hydrogen-bond acceptors (Lipinski definition) is 6. The van der Waals surface area contributed by atoms with Crippen molar-refractivity contribution in [2.75, 3.05) is 20.3 Å². The van der Waals surface area contributed by atoms with Gasteiger partial charge >= 0.3 is 0 Å². The molecule has 7 nitrogen and oxygen atoms in total. The maximum Gasteiger partial charge on any atom is 0.110 e. The Bertz CT molecular complexity index is 960. The molecule has 3 aromatic rings. The zero-order chi connectivity index (χ0) is 20.3. The highest BCUT2D eigenvalue weighted by atomic mass is 16.6. The molecule has 1 aromatic heterocycles. The van der Waals surface area contributed by atoms with E-state index in [1.165, 1.54) is 16.7 Å². The first-order valence-electron chi connectivity index (χ1n) is 10.3. The van der Waals surface area contributed by atoms with Crippen LogP contribution in [0.2, 0.25) is 0 Å². The normalized spacial score (nSPS) is 25.5. The van der Waals surface area contributed by atoms with Gasteiger partial charge in [0.2, 0.25) is 0 Å². The van der Waals surface area contributed by atoms with Crippen LogP contribution in [0.4, 0.5) is 0 Å². The van der Waals surface area contributed by atoms with Crippen molar-refractivity contribution in [2.24, 2.45) is 0 Å². The molecule has 1 N–H and O–H groups in total. The smallest absolute Gasteiger partial charge is 0.110 e. The van der Waals surface area contributed by atoms with Gasteiger partial charge in [0.05, 0.1) is 32.1 Å². The fourth-order valence-electron chi connectivity index (χ4n) is 4.27. The minimum Gasteiger partial charge on any atom is -0.378 e. The number of rotatable bonds is 7. The minimum atomic E-state index is -0.0138. The molecule has 0 aliphatic carbocycles. The molecule has 2 aliphatic rings. The molecule has 0 bridgehead atoms. The summed E-state index contributed by atoms with van der Waals surface area (Å²) >= 11 is 0. The fourth-order valence-corrected chi connectivity index (χ4v) is 4.27. The molecule has 4 atom stereocenters. The van der Waals surface area contributed by atoms with E-state index in [4.69, 9.17) is 14.2 Å². The number of nitrogens with one attached hydrogen (secondary N) is 1. The summed E-state index contributed by atoms with van der Waals surface area (Å²) in [4.78, 5) is 0. The van der Waals surface area contributed by atoms with Crippen LogP contribution >= 0.6 is 0 Å². The average Bonchev–Trinajstić information content (AvgIpc) is 3.51. The van der Waals surface area contributed by atoms with Crippen LogP contribution in [0, 0.1) is 0 Å². The van der Waals surface area contributed by atoms with Crippen LogP contribution in [-0.2, 0) is 27.4 Å². The summed E-state index contributed by atoms with van der Waals surface area (Å²) in [5.41, 5.74) is 4.52. The number of ether oxygens (including phenoxy) is 3. The van der Waals surface area contributed by atoms with Crippen molar-refractivity contribution in [1.29, 1.82) is 0 Å². The lowest BCUT2D eigenvalue weighted by molar-refractivity contribution is 0.0619. The van der Waals surface area contributed by atoms with Crippen LogP contribution in [0.25, 0.3) is 11.1 Å². The molecule has 2 saturated heterocycles. The summed E-state index contributed by atoms with van der Waals surface area (Å²) in [5, 5.41) is 12.0. The van der Waals surface area contributed by atoms with Crippen LogP contribution in [-0.4, -0.2) is 53.6 Å². The molecule has 0 amide bonds. The molecule has 3 heterocycles. The van der Waals surface area contributed by atoms with Gasteiger partial charge in [0.1, 0.15) is 23.9 Å². The second kappa shape index (κ2) is 8.65. The van der Waals surface area contributed by atoms with Crippen molar-refractivity contribution in [1.82, 2.24) is 20.3 Å². The maximum atomic E-state index is 6.08. The molecule has 30 heavy (non-hydrogen) atoms. The van der Waals surface area contributed by atoms with E-state index in [1.54, 1.807) is 7.11 Å². The highest BCUT2D eigenvalue weighted by molar-refractivity contribution is 5.63. The number of nitrogens with zero attached hydrogens (tertiary/aromatic N) is 3. The van der Waals surface area contributed by atoms with Gasteiger partial charge in [-0.3, -0.25) is 0 Å². The van der Waals surface area contributed by atoms with Gasteiger partial charge in [-0.1, -0.05) is 59.8 Å². The number of fused-ring (bicyclic) bond motifs is 1. The van der Waals surface area contributed by atoms with E-state index < -0.39 is 0 Å². The number of aromatic nitrogens is 3. The molecule has 0 saturated carbocycles. The van der Waals surface area contributed by atoms with Gasteiger partial charge in [-0.2, -0.15) is 0 Å². The second-order valence-electron chi connectivity index (χ2n) is 7.84.